The highest BCUT2D eigenvalue weighted by Gasteiger charge is 2.27. The molecule has 0 amide bonds. The third kappa shape index (κ3) is 3.71. The summed E-state index contributed by atoms with van der Waals surface area (Å²) in [6.07, 6.45) is 0. The number of oxazole rings is 1. The number of benzene rings is 2. The molecule has 0 saturated carbocycles. The summed E-state index contributed by atoms with van der Waals surface area (Å²) < 4.78 is 30.5. The molecule has 8 heteroatoms. The van der Waals surface area contributed by atoms with E-state index < -0.39 is 11.8 Å². The molecule has 0 N–H and O–H groups in total. The maximum Gasteiger partial charge on any atom is 0.344 e. The third-order valence-corrected chi connectivity index (χ3v) is 4.83. The lowest BCUT2D eigenvalue weighted by atomic mass is 10.1. The van der Waals surface area contributed by atoms with Gasteiger partial charge in [-0.15, -0.1) is 0 Å². The number of hydrogen-bond acceptors (Lipinski definition) is 6. The Morgan fingerprint density at radius 3 is 2.60 bits per heavy atom. The van der Waals surface area contributed by atoms with E-state index in [4.69, 9.17) is 25.3 Å². The molecule has 0 atom stereocenters. The number of nitrogens with zero attached hydrogens (tertiary/aromatic N) is 2. The van der Waals surface area contributed by atoms with Crippen LogP contribution in [-0.4, -0.2) is 16.1 Å². The Balaban J connectivity index is 1.58. The van der Waals surface area contributed by atoms with Gasteiger partial charge >= 0.3 is 5.97 Å². The predicted molar refractivity (Wildman–Crippen MR) is 107 cm³/mol. The summed E-state index contributed by atoms with van der Waals surface area (Å²) in [5.74, 6) is -0.201. The third-order valence-electron chi connectivity index (χ3n) is 4.52. The van der Waals surface area contributed by atoms with Gasteiger partial charge in [-0.3, -0.25) is 0 Å². The summed E-state index contributed by atoms with van der Waals surface area (Å²) in [6, 6.07) is 13.6. The molecular weight excluding hydrogens is 411 g/mol. The van der Waals surface area contributed by atoms with Gasteiger partial charge in [0.1, 0.15) is 40.9 Å². The zero-order valence-electron chi connectivity index (χ0n) is 16.1. The largest absolute Gasteiger partial charge is 0.455 e. The highest BCUT2D eigenvalue weighted by molar-refractivity contribution is 6.33. The van der Waals surface area contributed by atoms with E-state index in [2.05, 4.69) is 10.1 Å². The van der Waals surface area contributed by atoms with Crippen molar-refractivity contribution in [3.05, 3.63) is 82.1 Å². The minimum atomic E-state index is -0.730. The van der Waals surface area contributed by atoms with Crippen molar-refractivity contribution in [2.45, 2.75) is 20.5 Å². The van der Waals surface area contributed by atoms with E-state index in [1.54, 1.807) is 6.92 Å². The van der Waals surface area contributed by atoms with Gasteiger partial charge in [-0.1, -0.05) is 41.0 Å². The van der Waals surface area contributed by atoms with Crippen LogP contribution < -0.4 is 0 Å². The van der Waals surface area contributed by atoms with Crippen LogP contribution in [0.5, 0.6) is 0 Å². The number of carbonyl (C=O) groups excluding carboxylic acids is 1. The van der Waals surface area contributed by atoms with E-state index in [-0.39, 0.29) is 34.2 Å². The maximum atomic E-state index is 14.3. The number of carbonyl (C=O) groups is 1. The topological polar surface area (TPSA) is 78.4 Å². The Morgan fingerprint density at radius 2 is 1.87 bits per heavy atom. The van der Waals surface area contributed by atoms with Gasteiger partial charge in [0.15, 0.2) is 0 Å². The van der Waals surface area contributed by atoms with Crippen molar-refractivity contribution in [2.75, 3.05) is 0 Å². The fourth-order valence-electron chi connectivity index (χ4n) is 2.98. The van der Waals surface area contributed by atoms with E-state index in [0.717, 1.165) is 5.56 Å². The number of esters is 1. The molecule has 0 radical (unpaired) electrons. The van der Waals surface area contributed by atoms with Crippen LogP contribution in [0, 0.1) is 19.7 Å². The molecule has 0 fully saturated rings. The highest BCUT2D eigenvalue weighted by atomic mass is 35.5. The number of aryl methyl sites for hydroxylation is 2. The summed E-state index contributed by atoms with van der Waals surface area (Å²) in [5, 5.41) is 3.92. The minimum Gasteiger partial charge on any atom is -0.455 e. The number of halogens is 2. The lowest BCUT2D eigenvalue weighted by molar-refractivity contribution is 0.0465. The van der Waals surface area contributed by atoms with Crippen molar-refractivity contribution < 1.29 is 22.9 Å². The molecule has 2 aromatic heterocycles. The molecule has 0 bridgehead atoms. The molecule has 2 heterocycles. The van der Waals surface area contributed by atoms with Gasteiger partial charge in [-0.2, -0.15) is 0 Å². The molecule has 4 aromatic rings. The SMILES string of the molecule is Cc1oc(-c2ccccc2)nc1COC(=O)c1c(-c2c(F)cccc2Cl)noc1C. The average Bonchev–Trinajstić information content (AvgIpc) is 3.29. The normalized spacial score (nSPS) is 10.9. The smallest absolute Gasteiger partial charge is 0.344 e. The van der Waals surface area contributed by atoms with Gasteiger partial charge in [-0.05, 0) is 38.1 Å². The Bertz CT molecular complexity index is 1200. The monoisotopic (exact) mass is 426 g/mol. The second-order valence-electron chi connectivity index (χ2n) is 6.52. The van der Waals surface area contributed by atoms with Crippen LogP contribution in [0.3, 0.4) is 0 Å². The Hall–Kier alpha value is -3.45. The minimum absolute atomic E-state index is 0.00595. The molecule has 30 heavy (non-hydrogen) atoms. The quantitative estimate of drug-likeness (QED) is 0.377. The molecule has 0 aliphatic heterocycles. The van der Waals surface area contributed by atoms with Gasteiger partial charge in [0.25, 0.3) is 0 Å². The van der Waals surface area contributed by atoms with E-state index in [1.807, 2.05) is 30.3 Å². The molecule has 0 spiro atoms. The first kappa shape index (κ1) is 19.8. The number of hydrogen-bond donors (Lipinski definition) is 0. The number of rotatable bonds is 5. The van der Waals surface area contributed by atoms with E-state index >= 15 is 0 Å². The van der Waals surface area contributed by atoms with Gasteiger partial charge in [0, 0.05) is 5.56 Å². The van der Waals surface area contributed by atoms with Gasteiger partial charge in [0.2, 0.25) is 5.89 Å². The Kier molecular flexibility index (Phi) is 5.37. The van der Waals surface area contributed by atoms with Crippen molar-refractivity contribution in [3.8, 4) is 22.7 Å². The Labute approximate surface area is 176 Å². The van der Waals surface area contributed by atoms with E-state index in [1.165, 1.54) is 25.1 Å². The first-order valence-corrected chi connectivity index (χ1v) is 9.43. The zero-order valence-corrected chi connectivity index (χ0v) is 16.9. The van der Waals surface area contributed by atoms with Crippen LogP contribution in [0.2, 0.25) is 5.02 Å². The lowest BCUT2D eigenvalue weighted by Gasteiger charge is -2.06. The highest BCUT2D eigenvalue weighted by Crippen LogP contribution is 2.34. The average molecular weight is 427 g/mol. The van der Waals surface area contributed by atoms with E-state index in [0.29, 0.717) is 17.3 Å². The van der Waals surface area contributed by atoms with Crippen molar-refractivity contribution in [1.82, 2.24) is 10.1 Å². The van der Waals surface area contributed by atoms with Crippen LogP contribution in [-0.2, 0) is 11.3 Å². The zero-order chi connectivity index (χ0) is 21.3. The molecule has 0 unspecified atom stereocenters. The molecule has 0 aliphatic rings. The van der Waals surface area contributed by atoms with Crippen LogP contribution in [0.25, 0.3) is 22.7 Å². The summed E-state index contributed by atoms with van der Waals surface area (Å²) in [4.78, 5) is 17.2. The molecule has 4 rings (SSSR count). The molecular formula is C22H16ClFN2O4. The van der Waals surface area contributed by atoms with Crippen LogP contribution >= 0.6 is 11.6 Å². The summed E-state index contributed by atoms with van der Waals surface area (Å²) in [5.41, 5.74) is 1.26. The summed E-state index contributed by atoms with van der Waals surface area (Å²) in [6.45, 7) is 3.14. The van der Waals surface area contributed by atoms with Gasteiger partial charge in [0.05, 0.1) is 10.6 Å². The van der Waals surface area contributed by atoms with Crippen LogP contribution in [0.4, 0.5) is 4.39 Å². The maximum absolute atomic E-state index is 14.3. The fraction of sp³-hybridized carbons (Fsp3) is 0.136. The van der Waals surface area contributed by atoms with Crippen molar-refractivity contribution in [3.63, 3.8) is 0 Å². The van der Waals surface area contributed by atoms with Crippen LogP contribution in [0.1, 0.15) is 27.6 Å². The standard InChI is InChI=1S/C22H16ClFN2O4/c1-12-17(25-21(29-12)14-7-4-3-5-8-14)11-28-22(27)18-13(2)30-26-20(18)19-15(23)9-6-10-16(19)24/h3-10H,11H2,1-2H3. The second-order valence-corrected chi connectivity index (χ2v) is 6.93. The lowest BCUT2D eigenvalue weighted by Crippen LogP contribution is -2.08. The molecule has 6 nitrogen and oxygen atoms in total. The van der Waals surface area contributed by atoms with Crippen LogP contribution in [0.15, 0.2) is 57.5 Å². The first-order valence-electron chi connectivity index (χ1n) is 9.05. The molecule has 2 aromatic carbocycles. The molecule has 0 aliphatic carbocycles. The number of aromatic nitrogens is 2. The van der Waals surface area contributed by atoms with E-state index in [9.17, 15) is 9.18 Å². The molecule has 152 valence electrons. The fourth-order valence-corrected chi connectivity index (χ4v) is 3.23. The molecule has 0 saturated heterocycles. The van der Waals surface area contributed by atoms with Crippen molar-refractivity contribution >= 4 is 17.6 Å². The van der Waals surface area contributed by atoms with Gasteiger partial charge < -0.3 is 13.7 Å². The van der Waals surface area contributed by atoms with Crippen molar-refractivity contribution in [1.29, 1.82) is 0 Å². The summed E-state index contributed by atoms with van der Waals surface area (Å²) >= 11 is 6.11. The Morgan fingerprint density at radius 1 is 1.10 bits per heavy atom. The van der Waals surface area contributed by atoms with Gasteiger partial charge in [-0.25, -0.2) is 14.2 Å². The first-order chi connectivity index (χ1) is 14.5. The van der Waals surface area contributed by atoms with Crippen molar-refractivity contribution in [2.24, 2.45) is 0 Å². The second kappa shape index (κ2) is 8.12. The predicted octanol–water partition coefficient (Wildman–Crippen LogP) is 5.76. The number of ether oxygens (including phenoxy) is 1. The summed E-state index contributed by atoms with van der Waals surface area (Å²) in [7, 11) is 0.